The quantitative estimate of drug-likeness (QED) is 0.856. The molecular formula is C12H16N4. The van der Waals surface area contributed by atoms with Crippen molar-refractivity contribution in [3.05, 3.63) is 41.9 Å². The highest BCUT2D eigenvalue weighted by Gasteiger charge is 2.08. The first kappa shape index (κ1) is 10.7. The summed E-state index contributed by atoms with van der Waals surface area (Å²) in [6.45, 7) is 4.11. The minimum Gasteiger partial charge on any atom is -0.360 e. The van der Waals surface area contributed by atoms with Crippen molar-refractivity contribution in [2.45, 2.75) is 19.9 Å². The average Bonchev–Trinajstić information content (AvgIpc) is 2.59. The Morgan fingerprint density at radius 2 is 2.19 bits per heavy atom. The highest BCUT2D eigenvalue weighted by atomic mass is 15.3. The fourth-order valence-electron chi connectivity index (χ4n) is 1.56. The van der Waals surface area contributed by atoms with Gasteiger partial charge in [-0.3, -0.25) is 9.67 Å². The normalized spacial score (nSPS) is 12.4. The molecule has 2 aromatic rings. The van der Waals surface area contributed by atoms with Gasteiger partial charge in [0.25, 0.3) is 0 Å². The van der Waals surface area contributed by atoms with Gasteiger partial charge in [-0.25, -0.2) is 0 Å². The van der Waals surface area contributed by atoms with Crippen LogP contribution in [0.3, 0.4) is 0 Å². The Morgan fingerprint density at radius 3 is 2.75 bits per heavy atom. The molecule has 4 nitrogen and oxygen atoms in total. The van der Waals surface area contributed by atoms with Crippen molar-refractivity contribution in [2.24, 2.45) is 7.05 Å². The van der Waals surface area contributed by atoms with Gasteiger partial charge in [0.15, 0.2) is 0 Å². The zero-order valence-electron chi connectivity index (χ0n) is 9.81. The summed E-state index contributed by atoms with van der Waals surface area (Å²) in [6.07, 6.45) is 1.80. The van der Waals surface area contributed by atoms with Crippen LogP contribution in [-0.2, 0) is 7.05 Å². The van der Waals surface area contributed by atoms with Crippen LogP contribution in [0.15, 0.2) is 30.5 Å². The van der Waals surface area contributed by atoms with Crippen LogP contribution in [0.4, 0.5) is 5.82 Å². The number of aromatic nitrogens is 3. The molecule has 0 spiro atoms. The average molecular weight is 216 g/mol. The van der Waals surface area contributed by atoms with Gasteiger partial charge in [0, 0.05) is 25.0 Å². The largest absolute Gasteiger partial charge is 0.360 e. The first-order valence-electron chi connectivity index (χ1n) is 5.35. The minimum absolute atomic E-state index is 0.162. The van der Waals surface area contributed by atoms with Crippen LogP contribution in [0.2, 0.25) is 0 Å². The van der Waals surface area contributed by atoms with Crippen LogP contribution >= 0.6 is 0 Å². The summed E-state index contributed by atoms with van der Waals surface area (Å²) in [5.74, 6) is 0.887. The molecule has 0 aliphatic carbocycles. The Labute approximate surface area is 95.3 Å². The predicted octanol–water partition coefficient (Wildman–Crippen LogP) is 2.30. The number of hydrogen-bond acceptors (Lipinski definition) is 3. The van der Waals surface area contributed by atoms with Gasteiger partial charge in [0.05, 0.1) is 11.7 Å². The van der Waals surface area contributed by atoms with Crippen molar-refractivity contribution in [1.82, 2.24) is 14.8 Å². The molecule has 0 aliphatic rings. The maximum atomic E-state index is 4.35. The molecule has 0 aromatic carbocycles. The van der Waals surface area contributed by atoms with E-state index in [4.69, 9.17) is 0 Å². The van der Waals surface area contributed by atoms with Crippen LogP contribution in [-0.4, -0.2) is 14.8 Å². The SMILES string of the molecule is Cc1cc(NC(C)c2ccccn2)nn1C. The molecule has 0 saturated carbocycles. The Balaban J connectivity index is 2.11. The molecule has 0 bridgehead atoms. The van der Waals surface area contributed by atoms with Crippen molar-refractivity contribution >= 4 is 5.82 Å². The Hall–Kier alpha value is -1.84. The van der Waals surface area contributed by atoms with E-state index in [-0.39, 0.29) is 6.04 Å². The smallest absolute Gasteiger partial charge is 0.148 e. The number of aryl methyl sites for hydroxylation is 2. The number of anilines is 1. The molecule has 84 valence electrons. The standard InChI is InChI=1S/C12H16N4/c1-9-8-12(15-16(9)3)14-10(2)11-6-4-5-7-13-11/h4-8,10H,1-3H3,(H,14,15). The van der Waals surface area contributed by atoms with Crippen LogP contribution < -0.4 is 5.32 Å². The second-order valence-corrected chi connectivity index (χ2v) is 3.92. The van der Waals surface area contributed by atoms with E-state index in [9.17, 15) is 0 Å². The van der Waals surface area contributed by atoms with E-state index in [1.165, 1.54) is 0 Å². The van der Waals surface area contributed by atoms with E-state index in [1.807, 2.05) is 42.9 Å². The van der Waals surface area contributed by atoms with Gasteiger partial charge < -0.3 is 5.32 Å². The van der Waals surface area contributed by atoms with Crippen molar-refractivity contribution in [2.75, 3.05) is 5.32 Å². The molecular weight excluding hydrogens is 200 g/mol. The fourth-order valence-corrected chi connectivity index (χ4v) is 1.56. The lowest BCUT2D eigenvalue weighted by molar-refractivity contribution is 0.733. The Kier molecular flexibility index (Phi) is 2.90. The number of hydrogen-bond donors (Lipinski definition) is 1. The van der Waals surface area contributed by atoms with Crippen LogP contribution in [0.5, 0.6) is 0 Å². The molecule has 2 heterocycles. The maximum absolute atomic E-state index is 4.35. The topological polar surface area (TPSA) is 42.7 Å². The lowest BCUT2D eigenvalue weighted by Gasteiger charge is -2.11. The lowest BCUT2D eigenvalue weighted by Crippen LogP contribution is -2.08. The zero-order valence-corrected chi connectivity index (χ0v) is 9.81. The molecule has 16 heavy (non-hydrogen) atoms. The predicted molar refractivity (Wildman–Crippen MR) is 64.2 cm³/mol. The second kappa shape index (κ2) is 4.35. The van der Waals surface area contributed by atoms with E-state index < -0.39 is 0 Å². The minimum atomic E-state index is 0.162. The second-order valence-electron chi connectivity index (χ2n) is 3.92. The molecule has 2 rings (SSSR count). The molecule has 0 amide bonds. The van der Waals surface area contributed by atoms with Crippen LogP contribution in [0.1, 0.15) is 24.4 Å². The van der Waals surface area contributed by atoms with Crippen LogP contribution in [0, 0.1) is 6.92 Å². The molecule has 2 aromatic heterocycles. The third kappa shape index (κ3) is 2.21. The Bertz CT molecular complexity index is 442. The van der Waals surface area contributed by atoms with Crippen molar-refractivity contribution in [1.29, 1.82) is 0 Å². The Morgan fingerprint density at radius 1 is 1.38 bits per heavy atom. The summed E-state index contributed by atoms with van der Waals surface area (Å²) in [7, 11) is 1.94. The van der Waals surface area contributed by atoms with E-state index in [2.05, 4.69) is 22.3 Å². The van der Waals surface area contributed by atoms with Gasteiger partial charge in [-0.05, 0) is 26.0 Å². The third-order valence-electron chi connectivity index (χ3n) is 2.61. The van der Waals surface area contributed by atoms with Crippen molar-refractivity contribution in [3.63, 3.8) is 0 Å². The van der Waals surface area contributed by atoms with Crippen LogP contribution in [0.25, 0.3) is 0 Å². The van der Waals surface area contributed by atoms with Gasteiger partial charge in [-0.15, -0.1) is 0 Å². The summed E-state index contributed by atoms with van der Waals surface area (Å²) in [6, 6.07) is 8.11. The summed E-state index contributed by atoms with van der Waals surface area (Å²) < 4.78 is 1.85. The van der Waals surface area contributed by atoms with Gasteiger partial charge in [0.1, 0.15) is 5.82 Å². The summed E-state index contributed by atoms with van der Waals surface area (Å²) in [4.78, 5) is 4.31. The summed E-state index contributed by atoms with van der Waals surface area (Å²) in [5, 5.41) is 7.68. The van der Waals surface area contributed by atoms with Gasteiger partial charge in [-0.1, -0.05) is 6.07 Å². The fraction of sp³-hybridized carbons (Fsp3) is 0.333. The first-order valence-corrected chi connectivity index (χ1v) is 5.35. The van der Waals surface area contributed by atoms with E-state index in [0.717, 1.165) is 17.2 Å². The zero-order chi connectivity index (χ0) is 11.5. The summed E-state index contributed by atoms with van der Waals surface area (Å²) >= 11 is 0. The highest BCUT2D eigenvalue weighted by molar-refractivity contribution is 5.37. The molecule has 4 heteroatoms. The molecule has 1 unspecified atom stereocenters. The van der Waals surface area contributed by atoms with E-state index >= 15 is 0 Å². The third-order valence-corrected chi connectivity index (χ3v) is 2.61. The molecule has 1 N–H and O–H groups in total. The molecule has 0 aliphatic heterocycles. The molecule has 0 radical (unpaired) electrons. The highest BCUT2D eigenvalue weighted by Crippen LogP contribution is 2.16. The number of rotatable bonds is 3. The molecule has 0 fully saturated rings. The maximum Gasteiger partial charge on any atom is 0.148 e. The molecule has 0 saturated heterocycles. The van der Waals surface area contributed by atoms with Crippen molar-refractivity contribution in [3.8, 4) is 0 Å². The summed E-state index contributed by atoms with van der Waals surface area (Å²) in [5.41, 5.74) is 2.15. The number of nitrogens with zero attached hydrogens (tertiary/aromatic N) is 3. The first-order chi connectivity index (χ1) is 7.66. The van der Waals surface area contributed by atoms with E-state index in [0.29, 0.717) is 0 Å². The monoisotopic (exact) mass is 216 g/mol. The number of pyridine rings is 1. The molecule has 1 atom stereocenters. The van der Waals surface area contributed by atoms with E-state index in [1.54, 1.807) is 6.20 Å². The van der Waals surface area contributed by atoms with Gasteiger partial charge >= 0.3 is 0 Å². The van der Waals surface area contributed by atoms with Crippen molar-refractivity contribution < 1.29 is 0 Å². The number of nitrogens with one attached hydrogen (secondary N) is 1. The van der Waals surface area contributed by atoms with Gasteiger partial charge in [0.2, 0.25) is 0 Å². The lowest BCUT2D eigenvalue weighted by atomic mass is 10.2. The van der Waals surface area contributed by atoms with Gasteiger partial charge in [-0.2, -0.15) is 5.10 Å².